The van der Waals surface area contributed by atoms with Crippen molar-refractivity contribution in [3.8, 4) is 0 Å². The van der Waals surface area contributed by atoms with Crippen LogP contribution in [-0.2, 0) is 4.79 Å². The van der Waals surface area contributed by atoms with E-state index in [4.69, 9.17) is 0 Å². The lowest BCUT2D eigenvalue weighted by Gasteiger charge is -2.03. The Morgan fingerprint density at radius 3 is 2.71 bits per heavy atom. The van der Waals surface area contributed by atoms with E-state index in [1.807, 2.05) is 0 Å². The fourth-order valence-electron chi connectivity index (χ4n) is 1.12. The molecule has 0 unspecified atom stereocenters. The van der Waals surface area contributed by atoms with Crippen molar-refractivity contribution in [2.24, 2.45) is 0 Å². The van der Waals surface area contributed by atoms with Crippen LogP contribution in [0.15, 0.2) is 24.5 Å². The zero-order chi connectivity index (χ0) is 10.2. The number of unbranched alkanes of at least 4 members (excludes halogenated alkanes) is 1. The van der Waals surface area contributed by atoms with E-state index in [9.17, 15) is 4.79 Å². The summed E-state index contributed by atoms with van der Waals surface area (Å²) in [5.74, 6) is 0.0599. The van der Waals surface area contributed by atoms with E-state index in [1.54, 1.807) is 24.5 Å². The number of carbonyl (C=O) groups is 1. The summed E-state index contributed by atoms with van der Waals surface area (Å²) in [4.78, 5) is 15.2. The third-order valence-electron chi connectivity index (χ3n) is 1.87. The Morgan fingerprint density at radius 1 is 1.36 bits per heavy atom. The molecule has 0 radical (unpaired) electrons. The zero-order valence-corrected chi connectivity index (χ0v) is 8.20. The Hall–Kier alpha value is -1.42. The molecule has 0 aliphatic heterocycles. The fourth-order valence-corrected chi connectivity index (χ4v) is 1.12. The molecule has 1 aromatic rings. The molecule has 0 aliphatic carbocycles. The number of pyridine rings is 1. The fraction of sp³-hybridized carbons (Fsp3) is 0.400. The molecule has 76 valence electrons. The van der Waals surface area contributed by atoms with Gasteiger partial charge in [0.25, 0.3) is 0 Å². The summed E-state index contributed by atoms with van der Waals surface area (Å²) >= 11 is 0. The first-order chi connectivity index (χ1) is 6.83. The summed E-state index contributed by atoms with van der Waals surface area (Å²) in [6.45, 7) is 0.891. The van der Waals surface area contributed by atoms with Gasteiger partial charge >= 0.3 is 0 Å². The normalized spacial score (nSPS) is 9.79. The predicted octanol–water partition coefficient (Wildman–Crippen LogP) is 0.432. The van der Waals surface area contributed by atoms with Gasteiger partial charge in [-0.25, -0.2) is 0 Å². The molecule has 0 bridgehead atoms. The SMILES string of the molecule is [NH3+]CCCCC(=O)Nc1ccncc1. The predicted molar refractivity (Wildman–Crippen MR) is 54.5 cm³/mol. The summed E-state index contributed by atoms with van der Waals surface area (Å²) in [5.41, 5.74) is 4.53. The van der Waals surface area contributed by atoms with E-state index in [2.05, 4.69) is 16.0 Å². The first kappa shape index (κ1) is 10.7. The van der Waals surface area contributed by atoms with E-state index in [0.717, 1.165) is 25.1 Å². The third-order valence-corrected chi connectivity index (χ3v) is 1.87. The minimum Gasteiger partial charge on any atom is -0.358 e. The zero-order valence-electron chi connectivity index (χ0n) is 8.20. The average molecular weight is 194 g/mol. The molecule has 0 saturated heterocycles. The lowest BCUT2D eigenvalue weighted by atomic mass is 10.2. The van der Waals surface area contributed by atoms with Crippen LogP contribution in [0.25, 0.3) is 0 Å². The van der Waals surface area contributed by atoms with Gasteiger partial charge in [0, 0.05) is 24.5 Å². The number of hydrogen-bond acceptors (Lipinski definition) is 2. The lowest BCUT2D eigenvalue weighted by molar-refractivity contribution is -0.368. The summed E-state index contributed by atoms with van der Waals surface area (Å²) in [7, 11) is 0. The standard InChI is InChI=1S/C10H15N3O/c11-6-2-1-3-10(14)13-9-4-7-12-8-5-9/h4-5,7-8H,1-3,6,11H2,(H,12,13,14)/p+1. The minimum atomic E-state index is 0.0599. The van der Waals surface area contributed by atoms with E-state index in [0.29, 0.717) is 6.42 Å². The van der Waals surface area contributed by atoms with Gasteiger partial charge in [-0.15, -0.1) is 0 Å². The molecule has 0 fully saturated rings. The second-order valence-electron chi connectivity index (χ2n) is 3.09. The Balaban J connectivity index is 2.27. The van der Waals surface area contributed by atoms with Crippen LogP contribution in [0.2, 0.25) is 0 Å². The number of nitrogens with zero attached hydrogens (tertiary/aromatic N) is 1. The van der Waals surface area contributed by atoms with Crippen molar-refractivity contribution in [3.63, 3.8) is 0 Å². The van der Waals surface area contributed by atoms with Crippen LogP contribution in [0.4, 0.5) is 5.69 Å². The highest BCUT2D eigenvalue weighted by Crippen LogP contribution is 2.04. The van der Waals surface area contributed by atoms with Crippen molar-refractivity contribution in [1.29, 1.82) is 0 Å². The molecular formula is C10H16N3O+. The molecule has 0 atom stereocenters. The molecule has 0 aromatic carbocycles. The van der Waals surface area contributed by atoms with Crippen LogP contribution in [0, 0.1) is 0 Å². The Bertz CT molecular complexity index is 274. The monoisotopic (exact) mass is 194 g/mol. The quantitative estimate of drug-likeness (QED) is 0.667. The lowest BCUT2D eigenvalue weighted by Crippen LogP contribution is -2.50. The summed E-state index contributed by atoms with van der Waals surface area (Å²) in [5, 5.41) is 2.80. The van der Waals surface area contributed by atoms with Crippen molar-refractivity contribution in [3.05, 3.63) is 24.5 Å². The number of aromatic nitrogens is 1. The van der Waals surface area contributed by atoms with E-state index in [-0.39, 0.29) is 5.91 Å². The second kappa shape index (κ2) is 6.10. The van der Waals surface area contributed by atoms with Crippen LogP contribution >= 0.6 is 0 Å². The molecule has 1 heterocycles. The van der Waals surface area contributed by atoms with Gasteiger partial charge < -0.3 is 11.1 Å². The minimum absolute atomic E-state index is 0.0599. The number of carbonyl (C=O) groups excluding carboxylic acids is 1. The van der Waals surface area contributed by atoms with E-state index in [1.165, 1.54) is 0 Å². The molecule has 0 aliphatic rings. The van der Waals surface area contributed by atoms with E-state index >= 15 is 0 Å². The van der Waals surface area contributed by atoms with Gasteiger partial charge in [-0.05, 0) is 25.0 Å². The molecule has 1 aromatic heterocycles. The van der Waals surface area contributed by atoms with Crippen LogP contribution in [-0.4, -0.2) is 17.4 Å². The number of quaternary nitrogens is 1. The summed E-state index contributed by atoms with van der Waals surface area (Å²) in [6.07, 6.45) is 5.79. The van der Waals surface area contributed by atoms with Crippen LogP contribution in [0.1, 0.15) is 19.3 Å². The Morgan fingerprint density at radius 2 is 2.07 bits per heavy atom. The number of rotatable bonds is 5. The van der Waals surface area contributed by atoms with Gasteiger partial charge in [0.05, 0.1) is 6.54 Å². The maximum Gasteiger partial charge on any atom is 0.224 e. The molecule has 1 rings (SSSR count). The highest BCUT2D eigenvalue weighted by Gasteiger charge is 2.00. The third kappa shape index (κ3) is 4.00. The van der Waals surface area contributed by atoms with Crippen molar-refractivity contribution >= 4 is 11.6 Å². The maximum absolute atomic E-state index is 11.3. The largest absolute Gasteiger partial charge is 0.358 e. The van der Waals surface area contributed by atoms with Crippen LogP contribution < -0.4 is 11.1 Å². The second-order valence-corrected chi connectivity index (χ2v) is 3.09. The molecule has 4 nitrogen and oxygen atoms in total. The number of nitrogens with one attached hydrogen (secondary N) is 1. The van der Waals surface area contributed by atoms with Crippen LogP contribution in [0.5, 0.6) is 0 Å². The molecule has 4 N–H and O–H groups in total. The average Bonchev–Trinajstić information content (AvgIpc) is 2.20. The molecule has 0 saturated carbocycles. The van der Waals surface area contributed by atoms with Crippen molar-refractivity contribution in [2.75, 3.05) is 11.9 Å². The number of amides is 1. The van der Waals surface area contributed by atoms with Gasteiger partial charge in [-0.3, -0.25) is 9.78 Å². The highest BCUT2D eigenvalue weighted by molar-refractivity contribution is 5.90. The molecule has 1 amide bonds. The van der Waals surface area contributed by atoms with E-state index < -0.39 is 0 Å². The first-order valence-electron chi connectivity index (χ1n) is 4.82. The number of hydrogen-bond donors (Lipinski definition) is 2. The Kier molecular flexibility index (Phi) is 4.64. The highest BCUT2D eigenvalue weighted by atomic mass is 16.1. The van der Waals surface area contributed by atoms with Crippen molar-refractivity contribution in [2.45, 2.75) is 19.3 Å². The summed E-state index contributed by atoms with van der Waals surface area (Å²) in [6, 6.07) is 3.55. The van der Waals surface area contributed by atoms with Gasteiger partial charge in [0.15, 0.2) is 0 Å². The molecule has 14 heavy (non-hydrogen) atoms. The van der Waals surface area contributed by atoms with Crippen molar-refractivity contribution < 1.29 is 10.5 Å². The summed E-state index contributed by atoms with van der Waals surface area (Å²) < 4.78 is 0. The first-order valence-corrected chi connectivity index (χ1v) is 4.82. The van der Waals surface area contributed by atoms with Gasteiger partial charge in [0.2, 0.25) is 5.91 Å². The van der Waals surface area contributed by atoms with Gasteiger partial charge in [0.1, 0.15) is 0 Å². The molecular weight excluding hydrogens is 178 g/mol. The van der Waals surface area contributed by atoms with Gasteiger partial charge in [-0.2, -0.15) is 0 Å². The maximum atomic E-state index is 11.3. The Labute approximate surface area is 83.5 Å². The topological polar surface area (TPSA) is 69.6 Å². The molecule has 4 heteroatoms. The van der Waals surface area contributed by atoms with Gasteiger partial charge in [-0.1, -0.05) is 0 Å². The molecule has 0 spiro atoms. The number of anilines is 1. The smallest absolute Gasteiger partial charge is 0.224 e. The van der Waals surface area contributed by atoms with Crippen LogP contribution in [0.3, 0.4) is 0 Å². The van der Waals surface area contributed by atoms with Crippen molar-refractivity contribution in [1.82, 2.24) is 4.98 Å².